The van der Waals surface area contributed by atoms with Crippen LogP contribution in [0.15, 0.2) is 17.5 Å². The molecule has 1 aliphatic heterocycles. The van der Waals surface area contributed by atoms with Crippen LogP contribution >= 0.6 is 11.3 Å². The smallest absolute Gasteiger partial charge is 0.144 e. The zero-order chi connectivity index (χ0) is 14.3. The molecule has 21 heavy (non-hydrogen) atoms. The predicted octanol–water partition coefficient (Wildman–Crippen LogP) is 2.90. The van der Waals surface area contributed by atoms with Gasteiger partial charge in [0.1, 0.15) is 11.6 Å². The average Bonchev–Trinajstić information content (AvgIpc) is 3.05. The monoisotopic (exact) mass is 303 g/mol. The number of aromatic nitrogens is 3. The Morgan fingerprint density at radius 1 is 1.19 bits per heavy atom. The Morgan fingerprint density at radius 2 is 2.05 bits per heavy atom. The van der Waals surface area contributed by atoms with Gasteiger partial charge in [0.2, 0.25) is 0 Å². The molecule has 4 rings (SSSR count). The molecule has 2 aromatic heterocycles. The van der Waals surface area contributed by atoms with Crippen LogP contribution in [0.25, 0.3) is 0 Å². The van der Waals surface area contributed by atoms with Gasteiger partial charge in [-0.15, -0.1) is 21.5 Å². The number of aliphatic hydroxyl groups excluding tert-OH is 1. The highest BCUT2D eigenvalue weighted by molar-refractivity contribution is 7.10. The van der Waals surface area contributed by atoms with E-state index in [0.717, 1.165) is 37.5 Å². The summed E-state index contributed by atoms with van der Waals surface area (Å²) in [6, 6.07) is 4.28. The lowest BCUT2D eigenvalue weighted by Gasteiger charge is -2.44. The SMILES string of the molecule is O[C@H]1C[C@](c2cccs2)(c2nnc3n2CCCCCC3)C1. The summed E-state index contributed by atoms with van der Waals surface area (Å²) in [6.45, 7) is 1.03. The van der Waals surface area contributed by atoms with Crippen molar-refractivity contribution in [1.29, 1.82) is 0 Å². The fourth-order valence-electron chi connectivity index (χ4n) is 3.81. The van der Waals surface area contributed by atoms with E-state index in [0.29, 0.717) is 0 Å². The average molecular weight is 303 g/mol. The molecule has 0 spiro atoms. The lowest BCUT2D eigenvalue weighted by atomic mass is 9.65. The minimum Gasteiger partial charge on any atom is -0.393 e. The van der Waals surface area contributed by atoms with Crippen LogP contribution in [0.1, 0.15) is 55.1 Å². The number of aliphatic hydroxyl groups is 1. The first kappa shape index (κ1) is 13.5. The van der Waals surface area contributed by atoms with Crippen LogP contribution in [0, 0.1) is 0 Å². The van der Waals surface area contributed by atoms with Crippen molar-refractivity contribution in [3.63, 3.8) is 0 Å². The third-order valence-corrected chi connectivity index (χ3v) is 6.02. The molecule has 0 saturated heterocycles. The third kappa shape index (κ3) is 2.14. The molecule has 0 aromatic carbocycles. The molecule has 0 atom stereocenters. The molecule has 2 aliphatic rings. The largest absolute Gasteiger partial charge is 0.393 e. The summed E-state index contributed by atoms with van der Waals surface area (Å²) in [5.74, 6) is 2.23. The normalized spacial score (nSPS) is 29.3. The van der Waals surface area contributed by atoms with Crippen molar-refractivity contribution in [2.24, 2.45) is 0 Å². The van der Waals surface area contributed by atoms with Crippen LogP contribution in [0.3, 0.4) is 0 Å². The van der Waals surface area contributed by atoms with Crippen molar-refractivity contribution >= 4 is 11.3 Å². The van der Waals surface area contributed by atoms with Gasteiger partial charge in [-0.25, -0.2) is 0 Å². The van der Waals surface area contributed by atoms with Gasteiger partial charge in [-0.2, -0.15) is 0 Å². The molecule has 4 nitrogen and oxygen atoms in total. The maximum Gasteiger partial charge on any atom is 0.144 e. The quantitative estimate of drug-likeness (QED) is 0.928. The van der Waals surface area contributed by atoms with Gasteiger partial charge in [-0.3, -0.25) is 0 Å². The second-order valence-corrected chi connectivity index (χ2v) is 7.32. The van der Waals surface area contributed by atoms with Crippen LogP contribution < -0.4 is 0 Å². The Hall–Kier alpha value is -1.20. The first-order valence-electron chi connectivity index (χ1n) is 7.94. The summed E-state index contributed by atoms with van der Waals surface area (Å²) in [6.07, 6.45) is 7.43. The minimum atomic E-state index is -0.200. The maximum atomic E-state index is 9.93. The van der Waals surface area contributed by atoms with Crippen LogP contribution in [-0.4, -0.2) is 26.0 Å². The minimum absolute atomic E-state index is 0.0992. The van der Waals surface area contributed by atoms with Crippen molar-refractivity contribution < 1.29 is 5.11 Å². The van der Waals surface area contributed by atoms with Crippen LogP contribution in [-0.2, 0) is 18.4 Å². The van der Waals surface area contributed by atoms with Gasteiger partial charge in [0, 0.05) is 17.8 Å². The van der Waals surface area contributed by atoms with E-state index in [1.165, 1.54) is 30.6 Å². The molecule has 5 heteroatoms. The lowest BCUT2D eigenvalue weighted by molar-refractivity contribution is 0.0333. The standard InChI is InChI=1S/C16H21N3OS/c20-12-10-16(11-12,13-6-5-9-21-13)15-18-17-14-7-3-1-2-4-8-19(14)15/h5-6,9,12,20H,1-4,7-8,10-11H2/t12-,16-. The van der Waals surface area contributed by atoms with Crippen molar-refractivity contribution in [3.05, 3.63) is 34.0 Å². The number of nitrogens with zero attached hydrogens (tertiary/aromatic N) is 3. The molecule has 1 fully saturated rings. The van der Waals surface area contributed by atoms with E-state index < -0.39 is 0 Å². The third-order valence-electron chi connectivity index (χ3n) is 4.95. The molecule has 112 valence electrons. The second-order valence-electron chi connectivity index (χ2n) is 6.38. The summed E-state index contributed by atoms with van der Waals surface area (Å²) >= 11 is 1.77. The molecule has 0 unspecified atom stereocenters. The predicted molar refractivity (Wildman–Crippen MR) is 82.5 cm³/mol. The Morgan fingerprint density at radius 3 is 2.81 bits per heavy atom. The van der Waals surface area contributed by atoms with Crippen molar-refractivity contribution in [2.45, 2.75) is 63.0 Å². The van der Waals surface area contributed by atoms with Crippen LogP contribution in [0.4, 0.5) is 0 Å². The van der Waals surface area contributed by atoms with Crippen LogP contribution in [0.2, 0.25) is 0 Å². The van der Waals surface area contributed by atoms with E-state index in [9.17, 15) is 5.11 Å². The molecular formula is C16H21N3OS. The van der Waals surface area contributed by atoms with E-state index in [2.05, 4.69) is 32.3 Å². The van der Waals surface area contributed by atoms with E-state index in [4.69, 9.17) is 0 Å². The first-order chi connectivity index (χ1) is 10.3. The van der Waals surface area contributed by atoms with E-state index in [1.807, 2.05) is 0 Å². The summed E-state index contributed by atoms with van der Waals surface area (Å²) in [5, 5.41) is 21.1. The zero-order valence-electron chi connectivity index (χ0n) is 12.2. The highest BCUT2D eigenvalue weighted by Gasteiger charge is 2.50. The number of thiophene rings is 1. The Bertz CT molecular complexity index is 614. The maximum absolute atomic E-state index is 9.93. The topological polar surface area (TPSA) is 50.9 Å². The molecule has 1 aliphatic carbocycles. The number of aryl methyl sites for hydroxylation is 1. The molecule has 1 N–H and O–H groups in total. The summed E-state index contributed by atoms with van der Waals surface area (Å²) in [5.41, 5.74) is -0.0992. The van der Waals surface area contributed by atoms with Crippen molar-refractivity contribution in [2.75, 3.05) is 0 Å². The number of hydrogen-bond acceptors (Lipinski definition) is 4. The van der Waals surface area contributed by atoms with Gasteiger partial charge in [0.05, 0.1) is 11.5 Å². The van der Waals surface area contributed by atoms with E-state index in [1.54, 1.807) is 11.3 Å². The zero-order valence-corrected chi connectivity index (χ0v) is 13.0. The van der Waals surface area contributed by atoms with Crippen molar-refractivity contribution in [3.8, 4) is 0 Å². The molecule has 0 bridgehead atoms. The summed E-state index contributed by atoms with van der Waals surface area (Å²) < 4.78 is 2.35. The Balaban J connectivity index is 1.77. The van der Waals surface area contributed by atoms with Gasteiger partial charge >= 0.3 is 0 Å². The summed E-state index contributed by atoms with van der Waals surface area (Å²) in [7, 11) is 0. The highest BCUT2D eigenvalue weighted by atomic mass is 32.1. The fourth-order valence-corrected chi connectivity index (χ4v) is 4.75. The Kier molecular flexibility index (Phi) is 3.34. The number of fused-ring (bicyclic) bond motifs is 1. The van der Waals surface area contributed by atoms with E-state index >= 15 is 0 Å². The fraction of sp³-hybridized carbons (Fsp3) is 0.625. The Labute approximate surface area is 128 Å². The molecule has 0 radical (unpaired) electrons. The van der Waals surface area contributed by atoms with Gasteiger partial charge in [-0.05, 0) is 37.1 Å². The van der Waals surface area contributed by atoms with E-state index in [-0.39, 0.29) is 11.5 Å². The number of rotatable bonds is 2. The van der Waals surface area contributed by atoms with Gasteiger partial charge in [0.25, 0.3) is 0 Å². The molecule has 1 saturated carbocycles. The molecular weight excluding hydrogens is 282 g/mol. The lowest BCUT2D eigenvalue weighted by Crippen LogP contribution is -2.47. The molecule has 2 aromatic rings. The second kappa shape index (κ2) is 5.21. The van der Waals surface area contributed by atoms with Gasteiger partial charge in [-0.1, -0.05) is 18.9 Å². The highest BCUT2D eigenvalue weighted by Crippen LogP contribution is 2.50. The number of hydrogen-bond donors (Lipinski definition) is 1. The van der Waals surface area contributed by atoms with Crippen LogP contribution in [0.5, 0.6) is 0 Å². The molecule has 3 heterocycles. The first-order valence-corrected chi connectivity index (χ1v) is 8.82. The molecule has 0 amide bonds. The van der Waals surface area contributed by atoms with Crippen molar-refractivity contribution in [1.82, 2.24) is 14.8 Å². The summed E-state index contributed by atoms with van der Waals surface area (Å²) in [4.78, 5) is 1.32. The van der Waals surface area contributed by atoms with Gasteiger partial charge in [0.15, 0.2) is 0 Å². The van der Waals surface area contributed by atoms with Gasteiger partial charge < -0.3 is 9.67 Å².